The minimum Gasteiger partial charge on any atom is -0.465 e. The second-order valence-electron chi connectivity index (χ2n) is 7.42. The SMILES string of the molecule is CCOC(=O)CNC(=O)c1cnc(-c2cccc(-c3cc(C(=O)NCC4CC4)[nH]n3)c2)o1. The van der Waals surface area contributed by atoms with Gasteiger partial charge in [0.25, 0.3) is 11.8 Å². The van der Waals surface area contributed by atoms with Crippen molar-refractivity contribution < 1.29 is 23.5 Å². The fourth-order valence-corrected chi connectivity index (χ4v) is 3.02. The summed E-state index contributed by atoms with van der Waals surface area (Å²) in [5, 5.41) is 12.3. The quantitative estimate of drug-likeness (QED) is 0.436. The van der Waals surface area contributed by atoms with Crippen molar-refractivity contribution in [1.29, 1.82) is 0 Å². The molecule has 1 saturated carbocycles. The van der Waals surface area contributed by atoms with Gasteiger partial charge in [-0.15, -0.1) is 0 Å². The minimum absolute atomic E-state index is 0.0240. The van der Waals surface area contributed by atoms with Gasteiger partial charge >= 0.3 is 5.97 Å². The Hall–Kier alpha value is -3.95. The normalized spacial score (nSPS) is 12.9. The van der Waals surface area contributed by atoms with Crippen molar-refractivity contribution >= 4 is 17.8 Å². The molecule has 0 atom stereocenters. The van der Waals surface area contributed by atoms with E-state index < -0.39 is 11.9 Å². The molecule has 0 bridgehead atoms. The van der Waals surface area contributed by atoms with Gasteiger partial charge in [0.2, 0.25) is 11.7 Å². The summed E-state index contributed by atoms with van der Waals surface area (Å²) in [7, 11) is 0. The number of ether oxygens (including phenoxy) is 1. The van der Waals surface area contributed by atoms with Gasteiger partial charge in [0.1, 0.15) is 12.2 Å². The topological polar surface area (TPSA) is 139 Å². The number of oxazole rings is 1. The van der Waals surface area contributed by atoms with E-state index in [-0.39, 0.29) is 30.7 Å². The van der Waals surface area contributed by atoms with E-state index in [0.717, 1.165) is 18.4 Å². The van der Waals surface area contributed by atoms with E-state index in [9.17, 15) is 14.4 Å². The Balaban J connectivity index is 1.43. The van der Waals surface area contributed by atoms with Crippen molar-refractivity contribution in [2.24, 2.45) is 5.92 Å². The molecule has 32 heavy (non-hydrogen) atoms. The van der Waals surface area contributed by atoms with E-state index in [1.807, 2.05) is 6.07 Å². The maximum absolute atomic E-state index is 12.2. The number of amides is 2. The first-order valence-electron chi connectivity index (χ1n) is 10.4. The Morgan fingerprint density at radius 2 is 1.97 bits per heavy atom. The van der Waals surface area contributed by atoms with Crippen molar-refractivity contribution in [3.63, 3.8) is 0 Å². The highest BCUT2D eigenvalue weighted by molar-refractivity contribution is 5.94. The maximum atomic E-state index is 12.2. The molecule has 10 heteroatoms. The van der Waals surface area contributed by atoms with Gasteiger partial charge in [-0.05, 0) is 43.9 Å². The van der Waals surface area contributed by atoms with Gasteiger partial charge in [-0.3, -0.25) is 19.5 Å². The molecule has 1 fully saturated rings. The molecule has 0 radical (unpaired) electrons. The number of esters is 1. The first-order valence-corrected chi connectivity index (χ1v) is 10.4. The number of benzene rings is 1. The summed E-state index contributed by atoms with van der Waals surface area (Å²) in [6.07, 6.45) is 3.62. The number of carbonyl (C=O) groups is 3. The van der Waals surface area contributed by atoms with Crippen LogP contribution in [0.4, 0.5) is 0 Å². The van der Waals surface area contributed by atoms with Crippen molar-refractivity contribution in [2.45, 2.75) is 19.8 Å². The largest absolute Gasteiger partial charge is 0.465 e. The molecule has 1 aromatic carbocycles. The van der Waals surface area contributed by atoms with Crippen molar-refractivity contribution in [2.75, 3.05) is 19.7 Å². The summed E-state index contributed by atoms with van der Waals surface area (Å²) in [5.74, 6) is -0.473. The number of rotatable bonds is 9. The molecule has 1 aliphatic carbocycles. The van der Waals surface area contributed by atoms with Crippen LogP contribution in [0.3, 0.4) is 0 Å². The predicted octanol–water partition coefficient (Wildman–Crippen LogP) is 2.16. The van der Waals surface area contributed by atoms with E-state index in [2.05, 4.69) is 25.8 Å². The van der Waals surface area contributed by atoms with Crippen LogP contribution in [0.25, 0.3) is 22.7 Å². The second-order valence-corrected chi connectivity index (χ2v) is 7.42. The molecule has 2 amide bonds. The molecule has 3 aromatic rings. The minimum atomic E-state index is -0.567. The van der Waals surface area contributed by atoms with Crippen LogP contribution in [-0.4, -0.2) is 52.7 Å². The fourth-order valence-electron chi connectivity index (χ4n) is 3.02. The average molecular weight is 437 g/mol. The summed E-state index contributed by atoms with van der Waals surface area (Å²) in [6, 6.07) is 8.92. The zero-order valence-corrected chi connectivity index (χ0v) is 17.5. The number of hydrogen-bond acceptors (Lipinski definition) is 7. The Bertz CT molecular complexity index is 1130. The van der Waals surface area contributed by atoms with E-state index >= 15 is 0 Å². The number of aromatic nitrogens is 3. The van der Waals surface area contributed by atoms with E-state index in [0.29, 0.717) is 29.4 Å². The maximum Gasteiger partial charge on any atom is 0.325 e. The average Bonchev–Trinajstić information content (AvgIpc) is 3.27. The van der Waals surface area contributed by atoms with Crippen LogP contribution in [0.2, 0.25) is 0 Å². The lowest BCUT2D eigenvalue weighted by atomic mass is 10.1. The molecular formula is C22H23N5O5. The zero-order chi connectivity index (χ0) is 22.5. The van der Waals surface area contributed by atoms with Crippen LogP contribution in [0.1, 0.15) is 40.8 Å². The first-order chi connectivity index (χ1) is 15.5. The molecule has 2 aromatic heterocycles. The highest BCUT2D eigenvalue weighted by atomic mass is 16.5. The third kappa shape index (κ3) is 5.20. The molecule has 10 nitrogen and oxygen atoms in total. The Morgan fingerprint density at radius 1 is 1.16 bits per heavy atom. The lowest BCUT2D eigenvalue weighted by Crippen LogP contribution is -2.30. The van der Waals surface area contributed by atoms with E-state index in [1.54, 1.807) is 31.2 Å². The van der Waals surface area contributed by atoms with Crippen molar-refractivity contribution in [3.8, 4) is 22.7 Å². The van der Waals surface area contributed by atoms with Crippen LogP contribution in [0.5, 0.6) is 0 Å². The Kier molecular flexibility index (Phi) is 6.29. The third-order valence-electron chi connectivity index (χ3n) is 4.90. The van der Waals surface area contributed by atoms with Gasteiger partial charge in [0.05, 0.1) is 18.5 Å². The number of nitrogens with one attached hydrogen (secondary N) is 3. The summed E-state index contributed by atoms with van der Waals surface area (Å²) in [6.45, 7) is 2.35. The number of aromatic amines is 1. The van der Waals surface area contributed by atoms with Crippen LogP contribution in [0, 0.1) is 5.92 Å². The fraction of sp³-hybridized carbons (Fsp3) is 0.318. The van der Waals surface area contributed by atoms with Gasteiger partial charge in [-0.2, -0.15) is 5.10 Å². The zero-order valence-electron chi connectivity index (χ0n) is 17.5. The smallest absolute Gasteiger partial charge is 0.325 e. The number of carbonyl (C=O) groups excluding carboxylic acids is 3. The van der Waals surface area contributed by atoms with Crippen LogP contribution >= 0.6 is 0 Å². The summed E-state index contributed by atoms with van der Waals surface area (Å²) in [4.78, 5) is 39.9. The van der Waals surface area contributed by atoms with Gasteiger partial charge in [0, 0.05) is 17.7 Å². The lowest BCUT2D eigenvalue weighted by molar-refractivity contribution is -0.141. The highest BCUT2D eigenvalue weighted by Gasteiger charge is 2.22. The molecule has 0 spiro atoms. The molecule has 0 unspecified atom stereocenters. The van der Waals surface area contributed by atoms with Gasteiger partial charge in [-0.1, -0.05) is 12.1 Å². The Morgan fingerprint density at radius 3 is 2.75 bits per heavy atom. The van der Waals surface area contributed by atoms with Gasteiger partial charge < -0.3 is 19.8 Å². The molecule has 2 heterocycles. The second kappa shape index (κ2) is 9.46. The molecule has 0 saturated heterocycles. The van der Waals surface area contributed by atoms with E-state index in [1.165, 1.54) is 6.20 Å². The van der Waals surface area contributed by atoms with Crippen molar-refractivity contribution in [1.82, 2.24) is 25.8 Å². The molecule has 166 valence electrons. The Labute approximate surface area is 183 Å². The molecule has 4 rings (SSSR count). The number of hydrogen-bond donors (Lipinski definition) is 3. The highest BCUT2D eigenvalue weighted by Crippen LogP contribution is 2.28. The molecule has 3 N–H and O–H groups in total. The number of nitrogens with zero attached hydrogens (tertiary/aromatic N) is 2. The number of H-pyrrole nitrogens is 1. The van der Waals surface area contributed by atoms with Crippen LogP contribution in [-0.2, 0) is 9.53 Å². The predicted molar refractivity (Wildman–Crippen MR) is 114 cm³/mol. The van der Waals surface area contributed by atoms with Gasteiger partial charge in [-0.25, -0.2) is 4.98 Å². The summed E-state index contributed by atoms with van der Waals surface area (Å²) < 4.78 is 10.3. The monoisotopic (exact) mass is 437 g/mol. The van der Waals surface area contributed by atoms with E-state index in [4.69, 9.17) is 9.15 Å². The summed E-state index contributed by atoms with van der Waals surface area (Å²) >= 11 is 0. The molecule has 0 aliphatic heterocycles. The lowest BCUT2D eigenvalue weighted by Gasteiger charge is -2.02. The van der Waals surface area contributed by atoms with Crippen molar-refractivity contribution in [3.05, 3.63) is 48.0 Å². The molecular weight excluding hydrogens is 414 g/mol. The van der Waals surface area contributed by atoms with Crippen LogP contribution < -0.4 is 10.6 Å². The van der Waals surface area contributed by atoms with Gasteiger partial charge in [0.15, 0.2) is 0 Å². The molecule has 1 aliphatic rings. The van der Waals surface area contributed by atoms with Crippen LogP contribution in [0.15, 0.2) is 40.9 Å². The third-order valence-corrected chi connectivity index (χ3v) is 4.90. The first kappa shape index (κ1) is 21.3. The standard InChI is InChI=1S/C22H23N5O5/c1-2-31-19(28)12-24-21(30)18-11-25-22(32-18)15-5-3-4-14(8-15)16-9-17(27-26-16)20(29)23-10-13-6-7-13/h3-5,8-9,11,13H,2,6-7,10,12H2,1H3,(H,23,29)(H,24,30)(H,26,27). The summed E-state index contributed by atoms with van der Waals surface area (Å²) in [5.41, 5.74) is 2.38.